The van der Waals surface area contributed by atoms with Gasteiger partial charge in [0.15, 0.2) is 0 Å². The minimum Gasteiger partial charge on any atom is -0.512 e. The third kappa shape index (κ3) is 2.38. The van der Waals surface area contributed by atoms with Crippen LogP contribution >= 0.6 is 0 Å². The van der Waals surface area contributed by atoms with Gasteiger partial charge in [0, 0.05) is 12.3 Å². The van der Waals surface area contributed by atoms with Crippen LogP contribution in [0.25, 0.3) is 0 Å². The Balaban J connectivity index is 3.15. The Hall–Kier alpha value is -1.45. The molecule has 0 saturated carbocycles. The lowest BCUT2D eigenvalue weighted by Crippen LogP contribution is -2.26. The van der Waals surface area contributed by atoms with Gasteiger partial charge in [-0.25, -0.2) is 4.79 Å². The van der Waals surface area contributed by atoms with Gasteiger partial charge in [-0.05, 0) is 11.5 Å². The molecular weight excluding hydrogens is 208 g/mol. The number of esters is 1. The number of hydrogen-bond acceptors (Lipinski definition) is 4. The molecule has 0 amide bonds. The number of hydrogen-bond donors (Lipinski definition) is 2. The molecule has 4 heteroatoms. The summed E-state index contributed by atoms with van der Waals surface area (Å²) >= 11 is 0. The smallest absolute Gasteiger partial charge is 0.337 e. The van der Waals surface area contributed by atoms with E-state index in [0.717, 1.165) is 0 Å². The van der Waals surface area contributed by atoms with Gasteiger partial charge in [0.1, 0.15) is 5.76 Å². The van der Waals surface area contributed by atoms with E-state index in [-0.39, 0.29) is 34.8 Å². The third-order valence-electron chi connectivity index (χ3n) is 2.69. The van der Waals surface area contributed by atoms with Gasteiger partial charge in [0.25, 0.3) is 0 Å². The van der Waals surface area contributed by atoms with Crippen LogP contribution in [-0.4, -0.2) is 23.3 Å². The summed E-state index contributed by atoms with van der Waals surface area (Å²) in [5.41, 5.74) is -0.125. The second-order valence-corrected chi connectivity index (χ2v) is 5.03. The molecule has 0 saturated heterocycles. The second-order valence-electron chi connectivity index (χ2n) is 5.03. The molecule has 0 aromatic rings. The summed E-state index contributed by atoms with van der Waals surface area (Å²) < 4.78 is 4.57. The van der Waals surface area contributed by atoms with Crippen molar-refractivity contribution in [1.82, 2.24) is 0 Å². The van der Waals surface area contributed by atoms with Gasteiger partial charge in [0.2, 0.25) is 0 Å². The van der Waals surface area contributed by atoms with Crippen molar-refractivity contribution in [1.29, 1.82) is 0 Å². The normalized spacial score (nSPS) is 21.8. The van der Waals surface area contributed by atoms with Crippen LogP contribution in [0.15, 0.2) is 23.2 Å². The summed E-state index contributed by atoms with van der Waals surface area (Å²) in [4.78, 5) is 11.4. The summed E-state index contributed by atoms with van der Waals surface area (Å²) in [7, 11) is 1.25. The molecule has 0 aliphatic heterocycles. The van der Waals surface area contributed by atoms with Crippen LogP contribution < -0.4 is 0 Å². The molecule has 0 spiro atoms. The maximum atomic E-state index is 11.4. The molecule has 0 fully saturated rings. The molecule has 1 atom stereocenters. The van der Waals surface area contributed by atoms with Crippen LogP contribution in [0.1, 0.15) is 27.2 Å². The SMILES string of the molecule is COC(=O)C1=C(O)C(C(C)(C)C)C=C(O)C1. The Bertz CT molecular complexity index is 358. The van der Waals surface area contributed by atoms with E-state index in [4.69, 9.17) is 0 Å². The lowest BCUT2D eigenvalue weighted by molar-refractivity contribution is -0.136. The van der Waals surface area contributed by atoms with Crippen molar-refractivity contribution in [2.45, 2.75) is 27.2 Å². The monoisotopic (exact) mass is 226 g/mol. The van der Waals surface area contributed by atoms with Crippen molar-refractivity contribution in [3.8, 4) is 0 Å². The minimum absolute atomic E-state index is 0.00264. The van der Waals surface area contributed by atoms with Crippen LogP contribution in [0.2, 0.25) is 0 Å². The highest BCUT2D eigenvalue weighted by atomic mass is 16.5. The number of allylic oxidation sites excluding steroid dienone is 2. The van der Waals surface area contributed by atoms with Crippen LogP contribution in [0.4, 0.5) is 0 Å². The van der Waals surface area contributed by atoms with Crippen molar-refractivity contribution in [2.24, 2.45) is 11.3 Å². The molecule has 16 heavy (non-hydrogen) atoms. The highest BCUT2D eigenvalue weighted by Crippen LogP contribution is 2.38. The highest BCUT2D eigenvalue weighted by molar-refractivity contribution is 5.89. The summed E-state index contributed by atoms with van der Waals surface area (Å²) in [6, 6.07) is 0. The molecule has 90 valence electrons. The van der Waals surface area contributed by atoms with E-state index in [1.165, 1.54) is 7.11 Å². The van der Waals surface area contributed by atoms with E-state index in [1.54, 1.807) is 6.08 Å². The predicted octanol–water partition coefficient (Wildman–Crippen LogP) is 2.48. The molecule has 0 radical (unpaired) electrons. The first kappa shape index (κ1) is 12.6. The fourth-order valence-corrected chi connectivity index (χ4v) is 1.75. The Morgan fingerprint density at radius 1 is 1.44 bits per heavy atom. The Kier molecular flexibility index (Phi) is 3.31. The zero-order chi connectivity index (χ0) is 12.5. The second kappa shape index (κ2) is 4.20. The van der Waals surface area contributed by atoms with E-state index in [2.05, 4.69) is 4.74 Å². The molecule has 0 bridgehead atoms. The van der Waals surface area contributed by atoms with E-state index in [9.17, 15) is 15.0 Å². The van der Waals surface area contributed by atoms with E-state index in [1.807, 2.05) is 20.8 Å². The van der Waals surface area contributed by atoms with Crippen LogP contribution in [-0.2, 0) is 9.53 Å². The molecule has 0 aromatic heterocycles. The molecule has 1 aliphatic carbocycles. The summed E-state index contributed by atoms with van der Waals surface area (Å²) in [6.45, 7) is 5.79. The van der Waals surface area contributed by atoms with Crippen LogP contribution in [0.3, 0.4) is 0 Å². The topological polar surface area (TPSA) is 66.8 Å². The summed E-state index contributed by atoms with van der Waals surface area (Å²) in [6.07, 6.45) is 1.62. The fraction of sp³-hybridized carbons (Fsp3) is 0.583. The van der Waals surface area contributed by atoms with Crippen molar-refractivity contribution in [2.75, 3.05) is 7.11 Å². The molecule has 1 unspecified atom stereocenters. The first-order chi connectivity index (χ1) is 7.27. The van der Waals surface area contributed by atoms with Gasteiger partial charge in [-0.15, -0.1) is 0 Å². The highest BCUT2D eigenvalue weighted by Gasteiger charge is 2.34. The maximum absolute atomic E-state index is 11.4. The van der Waals surface area contributed by atoms with Crippen LogP contribution in [0.5, 0.6) is 0 Å². The fourth-order valence-electron chi connectivity index (χ4n) is 1.75. The number of methoxy groups -OCH3 is 1. The van der Waals surface area contributed by atoms with Gasteiger partial charge in [0.05, 0.1) is 18.4 Å². The largest absolute Gasteiger partial charge is 0.512 e. The van der Waals surface area contributed by atoms with Crippen molar-refractivity contribution in [3.05, 3.63) is 23.2 Å². The number of aliphatic hydroxyl groups excluding tert-OH is 2. The number of carbonyl (C=O) groups is 1. The zero-order valence-corrected chi connectivity index (χ0v) is 10.1. The molecule has 0 heterocycles. The van der Waals surface area contributed by atoms with Gasteiger partial charge < -0.3 is 14.9 Å². The van der Waals surface area contributed by atoms with E-state index in [0.29, 0.717) is 0 Å². The molecular formula is C12H18O4. The minimum atomic E-state index is -0.591. The van der Waals surface area contributed by atoms with Gasteiger partial charge in [-0.2, -0.15) is 0 Å². The third-order valence-corrected chi connectivity index (χ3v) is 2.69. The Labute approximate surface area is 95.2 Å². The van der Waals surface area contributed by atoms with Crippen molar-refractivity contribution in [3.63, 3.8) is 0 Å². The van der Waals surface area contributed by atoms with Crippen molar-refractivity contribution >= 4 is 5.97 Å². The lowest BCUT2D eigenvalue weighted by Gasteiger charge is -2.31. The number of ether oxygens (including phenoxy) is 1. The Morgan fingerprint density at radius 2 is 2.00 bits per heavy atom. The molecule has 0 aromatic carbocycles. The van der Waals surface area contributed by atoms with Gasteiger partial charge in [-0.3, -0.25) is 0 Å². The number of aliphatic hydroxyl groups is 2. The van der Waals surface area contributed by atoms with Gasteiger partial charge >= 0.3 is 5.97 Å². The number of rotatable bonds is 1. The lowest BCUT2D eigenvalue weighted by atomic mass is 9.75. The predicted molar refractivity (Wildman–Crippen MR) is 59.9 cm³/mol. The first-order valence-corrected chi connectivity index (χ1v) is 5.17. The maximum Gasteiger partial charge on any atom is 0.337 e. The summed E-state index contributed by atoms with van der Waals surface area (Å²) in [5.74, 6) is -0.864. The average molecular weight is 226 g/mol. The molecule has 2 N–H and O–H groups in total. The first-order valence-electron chi connectivity index (χ1n) is 5.17. The standard InChI is InChI=1S/C12H18O4/c1-12(2,3)9-6-7(13)5-8(10(9)14)11(15)16-4/h6,9,13-14H,5H2,1-4H3. The average Bonchev–Trinajstić information content (AvgIpc) is 2.18. The molecule has 1 aliphatic rings. The van der Waals surface area contributed by atoms with Crippen LogP contribution in [0, 0.1) is 11.3 Å². The van der Waals surface area contributed by atoms with Gasteiger partial charge in [-0.1, -0.05) is 20.8 Å². The molecule has 1 rings (SSSR count). The summed E-state index contributed by atoms with van der Waals surface area (Å²) in [5, 5.41) is 19.6. The quantitative estimate of drug-likeness (QED) is 0.674. The molecule has 4 nitrogen and oxygen atoms in total. The van der Waals surface area contributed by atoms with Crippen molar-refractivity contribution < 1.29 is 19.7 Å². The van der Waals surface area contributed by atoms with E-state index < -0.39 is 5.97 Å². The number of carbonyl (C=O) groups excluding carboxylic acids is 1. The Morgan fingerprint density at radius 3 is 2.44 bits per heavy atom. The zero-order valence-electron chi connectivity index (χ0n) is 10.1. The van der Waals surface area contributed by atoms with E-state index >= 15 is 0 Å².